The molecule has 1 heteroatoms. The van der Waals surface area contributed by atoms with E-state index in [1.54, 1.807) is 0 Å². The minimum Gasteiger partial charge on any atom is -0.455 e. The Labute approximate surface area is 294 Å². The summed E-state index contributed by atoms with van der Waals surface area (Å²) in [7, 11) is 0. The second kappa shape index (κ2) is 10.9. The highest BCUT2D eigenvalue weighted by molar-refractivity contribution is 6.27. The van der Waals surface area contributed by atoms with Crippen molar-refractivity contribution in [2.24, 2.45) is 0 Å². The molecule has 0 aliphatic heterocycles. The van der Waals surface area contributed by atoms with Crippen molar-refractivity contribution in [3.63, 3.8) is 0 Å². The molecule has 0 fully saturated rings. The molecule has 11 aromatic rings. The number of fused-ring (bicyclic) bond motifs is 10. The van der Waals surface area contributed by atoms with Gasteiger partial charge in [-0.3, -0.25) is 0 Å². The third-order valence-corrected chi connectivity index (χ3v) is 10.8. The largest absolute Gasteiger partial charge is 0.455 e. The zero-order valence-corrected chi connectivity index (χ0v) is 27.7. The second-order valence-electron chi connectivity index (χ2n) is 13.6. The van der Waals surface area contributed by atoms with E-state index in [-0.39, 0.29) is 0 Å². The van der Waals surface area contributed by atoms with Crippen LogP contribution in [0.2, 0.25) is 0 Å². The topological polar surface area (TPSA) is 13.1 Å². The minimum atomic E-state index is 0.909. The Morgan fingerprint density at radius 3 is 1.61 bits per heavy atom. The molecule has 0 atom stereocenters. The lowest BCUT2D eigenvalue weighted by atomic mass is 9.83. The first-order valence-electron chi connectivity index (χ1n) is 17.6. The summed E-state index contributed by atoms with van der Waals surface area (Å²) in [6, 6.07) is 66.4. The number of hydrogen-bond acceptors (Lipinski definition) is 1. The average molecular weight is 647 g/mol. The first-order chi connectivity index (χ1) is 25.3. The van der Waals surface area contributed by atoms with E-state index in [9.17, 15) is 0 Å². The van der Waals surface area contributed by atoms with Crippen molar-refractivity contribution in [3.8, 4) is 33.4 Å². The van der Waals surface area contributed by atoms with Crippen molar-refractivity contribution in [2.75, 3.05) is 0 Å². The van der Waals surface area contributed by atoms with E-state index in [4.69, 9.17) is 4.42 Å². The van der Waals surface area contributed by atoms with Crippen molar-refractivity contribution in [3.05, 3.63) is 182 Å². The third kappa shape index (κ3) is 4.16. The molecule has 0 aliphatic rings. The summed E-state index contributed by atoms with van der Waals surface area (Å²) in [5.41, 5.74) is 9.29. The summed E-state index contributed by atoms with van der Waals surface area (Å²) in [6.45, 7) is 0. The van der Waals surface area contributed by atoms with Gasteiger partial charge in [-0.2, -0.15) is 0 Å². The summed E-state index contributed by atoms with van der Waals surface area (Å²) in [4.78, 5) is 0. The van der Waals surface area contributed by atoms with Gasteiger partial charge in [-0.25, -0.2) is 0 Å². The number of rotatable bonds is 3. The zero-order valence-electron chi connectivity index (χ0n) is 27.7. The molecule has 0 saturated carbocycles. The molecule has 0 bridgehead atoms. The maximum absolute atomic E-state index is 6.53. The summed E-state index contributed by atoms with van der Waals surface area (Å²) >= 11 is 0. The maximum Gasteiger partial charge on any atom is 0.143 e. The Kier molecular flexibility index (Phi) is 6.02. The third-order valence-electron chi connectivity index (χ3n) is 10.8. The monoisotopic (exact) mass is 646 g/mol. The molecule has 0 aliphatic carbocycles. The van der Waals surface area contributed by atoms with E-state index in [0.29, 0.717) is 0 Å². The van der Waals surface area contributed by atoms with Crippen LogP contribution in [0.3, 0.4) is 0 Å². The normalized spacial score (nSPS) is 11.9. The lowest BCUT2D eigenvalue weighted by Crippen LogP contribution is -1.93. The van der Waals surface area contributed by atoms with Crippen LogP contribution in [-0.2, 0) is 0 Å². The summed E-state index contributed by atoms with van der Waals surface area (Å²) in [5.74, 6) is 0. The van der Waals surface area contributed by atoms with Gasteiger partial charge in [-0.05, 0) is 106 Å². The smallest absolute Gasteiger partial charge is 0.143 e. The summed E-state index contributed by atoms with van der Waals surface area (Å²) in [5, 5.41) is 14.7. The van der Waals surface area contributed by atoms with Gasteiger partial charge >= 0.3 is 0 Å². The van der Waals surface area contributed by atoms with Crippen LogP contribution in [0, 0.1) is 0 Å². The predicted octanol–water partition coefficient (Wildman–Crippen LogP) is 14.4. The Hall–Kier alpha value is -6.70. The van der Waals surface area contributed by atoms with Crippen molar-refractivity contribution in [2.45, 2.75) is 0 Å². The van der Waals surface area contributed by atoms with Crippen molar-refractivity contribution in [1.29, 1.82) is 0 Å². The molecule has 0 N–H and O–H groups in total. The molecular formula is C50H30O. The number of furan rings is 1. The fraction of sp³-hybridized carbons (Fsp3) is 0. The SMILES string of the molecule is c1ccc(-c2cccc3c2cc(-c2c4ccccc4c(-c4ccc5oc6c7ccccc7ccc6c5c4)c4ccccc24)c2ccccc23)cc1. The van der Waals surface area contributed by atoms with Crippen molar-refractivity contribution < 1.29 is 4.42 Å². The van der Waals surface area contributed by atoms with Gasteiger partial charge < -0.3 is 4.42 Å². The minimum absolute atomic E-state index is 0.909. The number of benzene rings is 10. The molecule has 1 nitrogen and oxygen atoms in total. The van der Waals surface area contributed by atoms with Crippen LogP contribution in [0.5, 0.6) is 0 Å². The Morgan fingerprint density at radius 1 is 0.275 bits per heavy atom. The van der Waals surface area contributed by atoms with Crippen LogP contribution in [0.15, 0.2) is 186 Å². The van der Waals surface area contributed by atoms with Gasteiger partial charge in [-0.15, -0.1) is 0 Å². The fourth-order valence-electron chi connectivity index (χ4n) is 8.60. The van der Waals surface area contributed by atoms with Crippen LogP contribution in [0.25, 0.3) is 109 Å². The fourth-order valence-corrected chi connectivity index (χ4v) is 8.60. The highest BCUT2D eigenvalue weighted by Gasteiger charge is 2.21. The van der Waals surface area contributed by atoms with Gasteiger partial charge in [-0.1, -0.05) is 158 Å². The standard InChI is InChI=1S/C50H30O/c1-2-13-31(14-3-1)34-23-12-24-37-36-17-6-7-18-38(36)46(30-44(34)37)49-41-21-10-8-19-39(41)48(40-20-9-11-22-42(40)49)33-26-28-47-45(29-33)43-27-25-32-15-4-5-16-35(32)50(43)51-47/h1-30H. The first-order valence-corrected chi connectivity index (χ1v) is 17.6. The molecule has 0 spiro atoms. The van der Waals surface area contributed by atoms with Gasteiger partial charge in [0.2, 0.25) is 0 Å². The Balaban J connectivity index is 1.24. The summed E-state index contributed by atoms with van der Waals surface area (Å²) < 4.78 is 6.53. The van der Waals surface area contributed by atoms with Gasteiger partial charge in [0.25, 0.3) is 0 Å². The molecule has 236 valence electrons. The van der Waals surface area contributed by atoms with Gasteiger partial charge in [0.1, 0.15) is 11.2 Å². The van der Waals surface area contributed by atoms with Crippen LogP contribution >= 0.6 is 0 Å². The van der Waals surface area contributed by atoms with E-state index in [1.165, 1.54) is 81.9 Å². The molecular weight excluding hydrogens is 617 g/mol. The molecule has 0 saturated heterocycles. The van der Waals surface area contributed by atoms with Crippen LogP contribution in [0.1, 0.15) is 0 Å². The quantitative estimate of drug-likeness (QED) is 0.138. The molecule has 10 aromatic carbocycles. The van der Waals surface area contributed by atoms with Crippen LogP contribution in [-0.4, -0.2) is 0 Å². The van der Waals surface area contributed by atoms with Crippen LogP contribution < -0.4 is 0 Å². The molecule has 1 aromatic heterocycles. The maximum atomic E-state index is 6.53. The average Bonchev–Trinajstić information content (AvgIpc) is 3.58. The van der Waals surface area contributed by atoms with E-state index in [1.807, 2.05) is 0 Å². The highest BCUT2D eigenvalue weighted by Crippen LogP contribution is 2.48. The van der Waals surface area contributed by atoms with E-state index < -0.39 is 0 Å². The van der Waals surface area contributed by atoms with E-state index in [0.717, 1.165) is 27.3 Å². The van der Waals surface area contributed by atoms with Gasteiger partial charge in [0, 0.05) is 16.2 Å². The first kappa shape index (κ1) is 28.2. The Morgan fingerprint density at radius 2 is 0.863 bits per heavy atom. The molecule has 51 heavy (non-hydrogen) atoms. The lowest BCUT2D eigenvalue weighted by Gasteiger charge is -2.20. The zero-order chi connectivity index (χ0) is 33.5. The second-order valence-corrected chi connectivity index (χ2v) is 13.6. The van der Waals surface area contributed by atoms with Crippen molar-refractivity contribution in [1.82, 2.24) is 0 Å². The van der Waals surface area contributed by atoms with Gasteiger partial charge in [0.05, 0.1) is 0 Å². The van der Waals surface area contributed by atoms with E-state index >= 15 is 0 Å². The molecule has 0 unspecified atom stereocenters. The molecule has 11 rings (SSSR count). The number of hydrogen-bond donors (Lipinski definition) is 0. The summed E-state index contributed by atoms with van der Waals surface area (Å²) in [6.07, 6.45) is 0. The highest BCUT2D eigenvalue weighted by atomic mass is 16.3. The van der Waals surface area contributed by atoms with Gasteiger partial charge in [0.15, 0.2) is 0 Å². The molecule has 1 heterocycles. The predicted molar refractivity (Wildman–Crippen MR) is 218 cm³/mol. The van der Waals surface area contributed by atoms with Crippen molar-refractivity contribution >= 4 is 75.8 Å². The molecule has 0 amide bonds. The lowest BCUT2D eigenvalue weighted by molar-refractivity contribution is 0.672. The molecule has 0 radical (unpaired) electrons. The van der Waals surface area contributed by atoms with Crippen LogP contribution in [0.4, 0.5) is 0 Å². The van der Waals surface area contributed by atoms with E-state index in [2.05, 4.69) is 182 Å². The Bertz CT molecular complexity index is 3130.